The van der Waals surface area contributed by atoms with Gasteiger partial charge in [-0.2, -0.15) is 0 Å². The first-order valence-electron chi connectivity index (χ1n) is 13.2. The minimum absolute atomic E-state index is 0.00510. The van der Waals surface area contributed by atoms with Crippen LogP contribution in [0.3, 0.4) is 0 Å². The molecular weight excluding hydrogens is 420 g/mol. The maximum atomic E-state index is 13.4. The van der Waals surface area contributed by atoms with Gasteiger partial charge in [-0.05, 0) is 72.5 Å². The van der Waals surface area contributed by atoms with Crippen LogP contribution in [-0.2, 0) is 19.1 Å². The van der Waals surface area contributed by atoms with Crippen molar-refractivity contribution in [3.8, 4) is 0 Å². The molecule has 2 N–H and O–H groups in total. The molecule has 0 unspecified atom stereocenters. The van der Waals surface area contributed by atoms with E-state index in [9.17, 15) is 19.8 Å². The molecule has 13 atom stereocenters. The van der Waals surface area contributed by atoms with Crippen molar-refractivity contribution in [2.75, 3.05) is 6.61 Å². The summed E-state index contributed by atoms with van der Waals surface area (Å²) in [5.74, 6) is 0.747. The standard InChI is InChI=1S/C27H40O6/c1-13-7-23(31)27(32-12-13)14(2)24-22(33-27)10-17-15-8-19(28)18-9-20(29)21(30)11-26(18,4)16(15)5-6-25(17,24)3/h13-18,20-22,24,29-30H,5-12H2,1-4H3/t13-,14+,15-,16+,17+,18-,20+,21-,22+,24+,25+,26-,27+/m1/s1. The van der Waals surface area contributed by atoms with E-state index < -0.39 is 18.0 Å². The number of aliphatic hydroxyl groups is 2. The average molecular weight is 461 g/mol. The van der Waals surface area contributed by atoms with E-state index in [0.29, 0.717) is 50.0 Å². The molecule has 0 amide bonds. The molecule has 0 aromatic rings. The minimum Gasteiger partial charge on any atom is -0.390 e. The normalized spacial score (nSPS) is 60.3. The minimum atomic E-state index is -1.07. The molecule has 2 aliphatic heterocycles. The van der Waals surface area contributed by atoms with Gasteiger partial charge in [0.25, 0.3) is 0 Å². The van der Waals surface area contributed by atoms with Gasteiger partial charge >= 0.3 is 0 Å². The third kappa shape index (κ3) is 2.81. The zero-order valence-corrected chi connectivity index (χ0v) is 20.5. The molecule has 4 aliphatic carbocycles. The summed E-state index contributed by atoms with van der Waals surface area (Å²) < 4.78 is 12.8. The second-order valence-electron chi connectivity index (χ2n) is 13.1. The van der Waals surface area contributed by atoms with Crippen LogP contribution in [0.2, 0.25) is 0 Å². The van der Waals surface area contributed by atoms with E-state index in [0.717, 1.165) is 19.3 Å². The van der Waals surface area contributed by atoms with Crippen molar-refractivity contribution >= 4 is 11.6 Å². The van der Waals surface area contributed by atoms with Crippen LogP contribution in [0.5, 0.6) is 0 Å². The lowest BCUT2D eigenvalue weighted by molar-refractivity contribution is -0.252. The highest BCUT2D eigenvalue weighted by Crippen LogP contribution is 2.70. The lowest BCUT2D eigenvalue weighted by atomic mass is 9.44. The van der Waals surface area contributed by atoms with Crippen molar-refractivity contribution in [2.45, 2.75) is 96.7 Å². The Labute approximate surface area is 196 Å². The Kier molecular flexibility index (Phi) is 4.88. The van der Waals surface area contributed by atoms with Gasteiger partial charge in [0, 0.05) is 24.7 Å². The molecule has 6 fully saturated rings. The number of hydrogen-bond donors (Lipinski definition) is 2. The first-order valence-corrected chi connectivity index (χ1v) is 13.2. The molecule has 6 heteroatoms. The van der Waals surface area contributed by atoms with Crippen LogP contribution in [-0.4, -0.2) is 52.5 Å². The SMILES string of the molecule is C[C@H]1CO[C@@]2(O[C@H]3C[C@H]4[C@@H]5CC(=O)[C@H]6C[C@H](O)[C@H](O)C[C@]6(C)[C@H]5CC[C@]4(C)[C@H]3[C@@H]2C)C(=O)C1. The highest BCUT2D eigenvalue weighted by molar-refractivity contribution is 5.87. The Morgan fingerprint density at radius 2 is 1.73 bits per heavy atom. The monoisotopic (exact) mass is 460 g/mol. The molecule has 1 spiro atoms. The van der Waals surface area contributed by atoms with Gasteiger partial charge in [0.15, 0.2) is 5.78 Å². The summed E-state index contributed by atoms with van der Waals surface area (Å²) in [5, 5.41) is 20.8. The number of ketones is 2. The molecule has 184 valence electrons. The number of ether oxygens (including phenoxy) is 2. The Morgan fingerprint density at radius 1 is 0.970 bits per heavy atom. The summed E-state index contributed by atoms with van der Waals surface area (Å²) in [6, 6.07) is 0. The fourth-order valence-electron chi connectivity index (χ4n) is 10.0. The second kappa shape index (κ2) is 7.11. The highest BCUT2D eigenvalue weighted by atomic mass is 16.7. The second-order valence-corrected chi connectivity index (χ2v) is 13.1. The van der Waals surface area contributed by atoms with Crippen molar-refractivity contribution < 1.29 is 29.3 Å². The molecule has 0 radical (unpaired) electrons. The number of Topliss-reactive ketones (excluding diaryl/α,β-unsaturated/α-hetero) is 2. The fourth-order valence-corrected chi connectivity index (χ4v) is 10.0. The van der Waals surface area contributed by atoms with Crippen molar-refractivity contribution in [3.05, 3.63) is 0 Å². The Balaban J connectivity index is 1.30. The first kappa shape index (κ1) is 22.6. The number of fused-ring (bicyclic) bond motifs is 7. The van der Waals surface area contributed by atoms with Crippen LogP contribution in [0.1, 0.15) is 72.6 Å². The number of hydrogen-bond acceptors (Lipinski definition) is 6. The Bertz CT molecular complexity index is 873. The van der Waals surface area contributed by atoms with Gasteiger partial charge in [0.05, 0.1) is 24.9 Å². The third-order valence-corrected chi connectivity index (χ3v) is 11.5. The predicted octanol–water partition coefficient (Wildman–Crippen LogP) is 3.12. The molecule has 6 aliphatic rings. The van der Waals surface area contributed by atoms with Crippen molar-refractivity contribution in [1.29, 1.82) is 0 Å². The molecule has 6 rings (SSSR count). The van der Waals surface area contributed by atoms with Gasteiger partial charge in [-0.15, -0.1) is 0 Å². The maximum absolute atomic E-state index is 13.4. The molecule has 0 aromatic carbocycles. The Hall–Kier alpha value is -0.820. The van der Waals surface area contributed by atoms with Crippen LogP contribution in [0.25, 0.3) is 0 Å². The van der Waals surface area contributed by atoms with Gasteiger partial charge < -0.3 is 19.7 Å². The Morgan fingerprint density at radius 3 is 2.45 bits per heavy atom. The van der Waals surface area contributed by atoms with Crippen molar-refractivity contribution in [1.82, 2.24) is 0 Å². The zero-order valence-electron chi connectivity index (χ0n) is 20.5. The highest BCUT2D eigenvalue weighted by Gasteiger charge is 2.71. The summed E-state index contributed by atoms with van der Waals surface area (Å²) in [5.41, 5.74) is -0.221. The van der Waals surface area contributed by atoms with Gasteiger partial charge in [0.2, 0.25) is 5.79 Å². The van der Waals surface area contributed by atoms with Crippen LogP contribution < -0.4 is 0 Å². The molecule has 2 heterocycles. The fraction of sp³-hybridized carbons (Fsp3) is 0.926. The maximum Gasteiger partial charge on any atom is 0.232 e. The van der Waals surface area contributed by atoms with Crippen molar-refractivity contribution in [3.63, 3.8) is 0 Å². The average Bonchev–Trinajstić information content (AvgIpc) is 3.19. The van der Waals surface area contributed by atoms with E-state index in [-0.39, 0.29) is 52.2 Å². The first-order chi connectivity index (χ1) is 15.5. The summed E-state index contributed by atoms with van der Waals surface area (Å²) in [6.07, 6.45) is 3.48. The van der Waals surface area contributed by atoms with Crippen LogP contribution >= 0.6 is 0 Å². The number of aliphatic hydroxyl groups excluding tert-OH is 2. The van der Waals surface area contributed by atoms with Gasteiger partial charge in [-0.1, -0.05) is 27.7 Å². The topological polar surface area (TPSA) is 93.1 Å². The predicted molar refractivity (Wildman–Crippen MR) is 120 cm³/mol. The molecular formula is C27H40O6. The third-order valence-electron chi connectivity index (χ3n) is 11.5. The number of carbonyl (C=O) groups excluding carboxylic acids is 2. The summed E-state index contributed by atoms with van der Waals surface area (Å²) in [6.45, 7) is 9.36. The van der Waals surface area contributed by atoms with E-state index in [2.05, 4.69) is 27.7 Å². The summed E-state index contributed by atoms with van der Waals surface area (Å²) >= 11 is 0. The van der Waals surface area contributed by atoms with E-state index in [1.165, 1.54) is 0 Å². The van der Waals surface area contributed by atoms with E-state index in [4.69, 9.17) is 9.47 Å². The molecule has 4 saturated carbocycles. The molecule has 0 aromatic heterocycles. The molecule has 33 heavy (non-hydrogen) atoms. The van der Waals surface area contributed by atoms with Crippen LogP contribution in [0.15, 0.2) is 0 Å². The summed E-state index contributed by atoms with van der Waals surface area (Å²) in [4.78, 5) is 26.5. The van der Waals surface area contributed by atoms with Crippen molar-refractivity contribution in [2.24, 2.45) is 52.3 Å². The smallest absolute Gasteiger partial charge is 0.232 e. The number of rotatable bonds is 0. The largest absolute Gasteiger partial charge is 0.390 e. The van der Waals surface area contributed by atoms with Crippen LogP contribution in [0.4, 0.5) is 0 Å². The zero-order chi connectivity index (χ0) is 23.5. The lowest BCUT2D eigenvalue weighted by Gasteiger charge is -2.61. The molecule has 2 saturated heterocycles. The summed E-state index contributed by atoms with van der Waals surface area (Å²) in [7, 11) is 0. The lowest BCUT2D eigenvalue weighted by Crippen LogP contribution is -2.60. The van der Waals surface area contributed by atoms with E-state index >= 15 is 0 Å². The van der Waals surface area contributed by atoms with Gasteiger partial charge in [0.1, 0.15) is 5.78 Å². The van der Waals surface area contributed by atoms with Gasteiger partial charge in [-0.3, -0.25) is 9.59 Å². The number of carbonyl (C=O) groups is 2. The van der Waals surface area contributed by atoms with E-state index in [1.807, 2.05) is 0 Å². The molecule has 0 bridgehead atoms. The van der Waals surface area contributed by atoms with E-state index in [1.54, 1.807) is 0 Å². The van der Waals surface area contributed by atoms with Crippen LogP contribution in [0, 0.1) is 52.3 Å². The molecule has 6 nitrogen and oxygen atoms in total. The van der Waals surface area contributed by atoms with Gasteiger partial charge in [-0.25, -0.2) is 0 Å². The quantitative estimate of drug-likeness (QED) is 0.577.